The van der Waals surface area contributed by atoms with Crippen molar-refractivity contribution in [2.45, 2.75) is 18.4 Å². The molecule has 2 atom stereocenters. The van der Waals surface area contributed by atoms with Crippen LogP contribution < -0.4 is 0 Å². The Morgan fingerprint density at radius 2 is 1.88 bits per heavy atom. The van der Waals surface area contributed by atoms with Crippen LogP contribution in [0.5, 0.6) is 11.5 Å². The number of aliphatic hydroxyl groups is 1. The lowest BCUT2D eigenvalue weighted by Gasteiger charge is -2.27. The predicted molar refractivity (Wildman–Crippen MR) is 88.7 cm³/mol. The minimum atomic E-state index is -0.485. The Morgan fingerprint density at radius 1 is 1.24 bits per heavy atom. The van der Waals surface area contributed by atoms with Crippen LogP contribution in [-0.2, 0) is 0 Å². The normalized spacial score (nSPS) is 19.8. The molecule has 7 nitrogen and oxygen atoms in total. The molecule has 0 aliphatic carbocycles. The molecule has 1 saturated heterocycles. The highest BCUT2D eigenvalue weighted by atomic mass is 16.3. The number of amides is 1. The van der Waals surface area contributed by atoms with E-state index in [-0.39, 0.29) is 35.5 Å². The molecule has 1 aromatic carbocycles. The summed E-state index contributed by atoms with van der Waals surface area (Å²) in [6.07, 6.45) is 4.01. The van der Waals surface area contributed by atoms with E-state index in [0.29, 0.717) is 30.4 Å². The molecule has 0 saturated carbocycles. The van der Waals surface area contributed by atoms with E-state index < -0.39 is 6.04 Å². The Kier molecular flexibility index (Phi) is 4.67. The molecule has 1 aliphatic heterocycles. The van der Waals surface area contributed by atoms with Crippen molar-refractivity contribution < 1.29 is 24.9 Å². The zero-order chi connectivity index (χ0) is 18.0. The number of benzene rings is 1. The molecular formula is C18H18N2O5. The van der Waals surface area contributed by atoms with Crippen LogP contribution in [0.25, 0.3) is 0 Å². The van der Waals surface area contributed by atoms with Gasteiger partial charge >= 0.3 is 0 Å². The summed E-state index contributed by atoms with van der Waals surface area (Å²) in [6, 6.07) is 5.54. The standard InChI is InChI=1S/C18H18N2O5/c21-9-14-16(23)7-12(8-17(14)24)13-3-6-20(15(13)10-22)18(25)11-1-4-19-5-2-11/h1-2,4-5,7-9,13,15,22-24H,3,6,10H2/t13?,15-/m1/s1. The van der Waals surface area contributed by atoms with Crippen molar-refractivity contribution >= 4 is 12.2 Å². The van der Waals surface area contributed by atoms with Gasteiger partial charge in [-0.05, 0) is 36.2 Å². The smallest absolute Gasteiger partial charge is 0.254 e. The number of pyridine rings is 1. The highest BCUT2D eigenvalue weighted by Crippen LogP contribution is 2.38. The lowest BCUT2D eigenvalue weighted by atomic mass is 9.90. The van der Waals surface area contributed by atoms with Crippen molar-refractivity contribution in [1.82, 2.24) is 9.88 Å². The molecule has 0 spiro atoms. The molecule has 0 radical (unpaired) electrons. The molecular weight excluding hydrogens is 324 g/mol. The van der Waals surface area contributed by atoms with Gasteiger partial charge in [0.1, 0.15) is 11.5 Å². The summed E-state index contributed by atoms with van der Waals surface area (Å²) in [5, 5.41) is 29.6. The SMILES string of the molecule is O=Cc1c(O)cc(C2CCN(C(=O)c3ccncc3)[C@@H]2CO)cc1O. The van der Waals surface area contributed by atoms with Crippen LogP contribution >= 0.6 is 0 Å². The van der Waals surface area contributed by atoms with Crippen molar-refractivity contribution in [1.29, 1.82) is 0 Å². The number of aldehydes is 1. The summed E-state index contributed by atoms with van der Waals surface area (Å²) >= 11 is 0. The van der Waals surface area contributed by atoms with E-state index in [0.717, 1.165) is 0 Å². The molecule has 2 heterocycles. The number of likely N-dealkylation sites (tertiary alicyclic amines) is 1. The molecule has 1 amide bonds. The van der Waals surface area contributed by atoms with Crippen LogP contribution in [-0.4, -0.2) is 56.6 Å². The van der Waals surface area contributed by atoms with E-state index in [4.69, 9.17) is 0 Å². The number of rotatable bonds is 4. The third kappa shape index (κ3) is 3.06. The van der Waals surface area contributed by atoms with Crippen molar-refractivity contribution in [3.63, 3.8) is 0 Å². The van der Waals surface area contributed by atoms with E-state index in [1.54, 1.807) is 17.0 Å². The van der Waals surface area contributed by atoms with Gasteiger partial charge in [-0.3, -0.25) is 14.6 Å². The van der Waals surface area contributed by atoms with Gasteiger partial charge in [-0.25, -0.2) is 0 Å². The van der Waals surface area contributed by atoms with Gasteiger partial charge < -0.3 is 20.2 Å². The zero-order valence-electron chi connectivity index (χ0n) is 13.4. The van der Waals surface area contributed by atoms with Gasteiger partial charge in [-0.2, -0.15) is 0 Å². The molecule has 1 unspecified atom stereocenters. The number of carbonyl (C=O) groups excluding carboxylic acids is 2. The van der Waals surface area contributed by atoms with Gasteiger partial charge in [0.2, 0.25) is 0 Å². The number of carbonyl (C=O) groups is 2. The van der Waals surface area contributed by atoms with Crippen molar-refractivity contribution in [3.8, 4) is 11.5 Å². The minimum Gasteiger partial charge on any atom is -0.507 e. The Bertz CT molecular complexity index is 770. The molecule has 1 aliphatic rings. The molecule has 3 rings (SSSR count). The predicted octanol–water partition coefficient (Wildman–Crippen LogP) is 1.30. The lowest BCUT2D eigenvalue weighted by Crippen LogP contribution is -2.39. The highest BCUT2D eigenvalue weighted by Gasteiger charge is 2.38. The summed E-state index contributed by atoms with van der Waals surface area (Å²) in [5.41, 5.74) is 0.882. The third-order valence-electron chi connectivity index (χ3n) is 4.63. The number of nitrogens with zero attached hydrogens (tertiary/aromatic N) is 2. The topological polar surface area (TPSA) is 111 Å². The van der Waals surface area contributed by atoms with Gasteiger partial charge in [-0.1, -0.05) is 0 Å². The van der Waals surface area contributed by atoms with E-state index in [9.17, 15) is 24.9 Å². The number of phenols is 2. The summed E-state index contributed by atoms with van der Waals surface area (Å²) in [6.45, 7) is 0.187. The van der Waals surface area contributed by atoms with Crippen molar-refractivity contribution in [2.75, 3.05) is 13.2 Å². The number of aromatic hydroxyl groups is 2. The van der Waals surface area contributed by atoms with Gasteiger partial charge in [-0.15, -0.1) is 0 Å². The van der Waals surface area contributed by atoms with E-state index in [2.05, 4.69) is 4.98 Å². The number of hydrogen-bond donors (Lipinski definition) is 3. The van der Waals surface area contributed by atoms with Crippen LogP contribution in [0.1, 0.15) is 38.6 Å². The van der Waals surface area contributed by atoms with Crippen molar-refractivity contribution in [3.05, 3.63) is 53.3 Å². The Morgan fingerprint density at radius 3 is 2.44 bits per heavy atom. The van der Waals surface area contributed by atoms with Gasteiger partial charge in [0, 0.05) is 30.4 Å². The van der Waals surface area contributed by atoms with Crippen LogP contribution in [0.2, 0.25) is 0 Å². The Hall–Kier alpha value is -2.93. The van der Waals surface area contributed by atoms with E-state index in [1.807, 2.05) is 0 Å². The second-order valence-corrected chi connectivity index (χ2v) is 5.97. The molecule has 7 heteroatoms. The lowest BCUT2D eigenvalue weighted by molar-refractivity contribution is 0.0665. The summed E-state index contributed by atoms with van der Waals surface area (Å²) < 4.78 is 0. The maximum absolute atomic E-state index is 12.7. The Labute approximate surface area is 144 Å². The van der Waals surface area contributed by atoms with Crippen LogP contribution in [0.15, 0.2) is 36.7 Å². The second-order valence-electron chi connectivity index (χ2n) is 5.97. The first kappa shape index (κ1) is 16.9. The van der Waals surface area contributed by atoms with E-state index >= 15 is 0 Å². The monoisotopic (exact) mass is 342 g/mol. The zero-order valence-corrected chi connectivity index (χ0v) is 13.4. The maximum Gasteiger partial charge on any atom is 0.254 e. The largest absolute Gasteiger partial charge is 0.507 e. The first-order chi connectivity index (χ1) is 12.1. The summed E-state index contributed by atoms with van der Waals surface area (Å²) in [7, 11) is 0. The van der Waals surface area contributed by atoms with Crippen molar-refractivity contribution in [2.24, 2.45) is 0 Å². The molecule has 130 valence electrons. The molecule has 3 N–H and O–H groups in total. The first-order valence-corrected chi connectivity index (χ1v) is 7.89. The maximum atomic E-state index is 12.7. The fraction of sp³-hybridized carbons (Fsp3) is 0.278. The van der Waals surface area contributed by atoms with Gasteiger partial charge in [0.25, 0.3) is 5.91 Å². The van der Waals surface area contributed by atoms with Gasteiger partial charge in [0.05, 0.1) is 18.2 Å². The number of aliphatic hydroxyl groups excluding tert-OH is 1. The quantitative estimate of drug-likeness (QED) is 0.722. The summed E-state index contributed by atoms with van der Waals surface area (Å²) in [4.78, 5) is 29.0. The third-order valence-corrected chi connectivity index (χ3v) is 4.63. The molecule has 1 aromatic heterocycles. The van der Waals surface area contributed by atoms with Crippen LogP contribution in [0.3, 0.4) is 0 Å². The fourth-order valence-electron chi connectivity index (χ4n) is 3.36. The first-order valence-electron chi connectivity index (χ1n) is 7.89. The summed E-state index contributed by atoms with van der Waals surface area (Å²) in [5.74, 6) is -1.10. The van der Waals surface area contributed by atoms with Crippen LogP contribution in [0, 0.1) is 0 Å². The average Bonchev–Trinajstić information content (AvgIpc) is 3.05. The van der Waals surface area contributed by atoms with Gasteiger partial charge in [0.15, 0.2) is 6.29 Å². The molecule has 2 aromatic rings. The molecule has 0 bridgehead atoms. The number of aromatic nitrogens is 1. The fourth-order valence-corrected chi connectivity index (χ4v) is 3.36. The van der Waals surface area contributed by atoms with E-state index in [1.165, 1.54) is 24.5 Å². The van der Waals surface area contributed by atoms with Crippen LogP contribution in [0.4, 0.5) is 0 Å². The number of phenolic OH excluding ortho intramolecular Hbond substituents is 2. The number of hydrogen-bond acceptors (Lipinski definition) is 6. The average molecular weight is 342 g/mol. The molecule has 25 heavy (non-hydrogen) atoms. The minimum absolute atomic E-state index is 0.174. The Balaban J connectivity index is 1.90. The highest BCUT2D eigenvalue weighted by molar-refractivity contribution is 5.94. The molecule has 1 fully saturated rings. The second kappa shape index (κ2) is 6.90.